The molecule has 2 rings (SSSR count). The van der Waals surface area contributed by atoms with Gasteiger partial charge in [0.15, 0.2) is 0 Å². The van der Waals surface area contributed by atoms with E-state index in [1.54, 1.807) is 0 Å². The highest BCUT2D eigenvalue weighted by molar-refractivity contribution is 6.04. The van der Waals surface area contributed by atoms with Crippen LogP contribution in [0.15, 0.2) is 30.3 Å². The molecule has 0 aromatic heterocycles. The van der Waals surface area contributed by atoms with Crippen LogP contribution >= 0.6 is 0 Å². The fourth-order valence-corrected chi connectivity index (χ4v) is 2.10. The zero-order chi connectivity index (χ0) is 12.6. The van der Waals surface area contributed by atoms with Crippen LogP contribution in [0.25, 0.3) is 5.57 Å². The van der Waals surface area contributed by atoms with Crippen molar-refractivity contribution < 1.29 is 4.79 Å². The Morgan fingerprint density at radius 2 is 2.12 bits per heavy atom. The number of amides is 1. The Bertz CT molecular complexity index is 485. The highest BCUT2D eigenvalue weighted by Gasteiger charge is 2.44. The van der Waals surface area contributed by atoms with Crippen molar-refractivity contribution in [3.8, 4) is 0 Å². The van der Waals surface area contributed by atoms with Crippen LogP contribution < -0.4 is 4.90 Å². The number of rotatable bonds is 2. The van der Waals surface area contributed by atoms with E-state index in [0.717, 1.165) is 12.2 Å². The Morgan fingerprint density at radius 3 is 2.65 bits per heavy atom. The molecule has 1 aromatic carbocycles. The number of allylic oxidation sites excluding steroid dienone is 2. The summed E-state index contributed by atoms with van der Waals surface area (Å²) >= 11 is 0. The molecule has 0 atom stereocenters. The highest BCUT2D eigenvalue weighted by atomic mass is 16.2. The molecule has 0 unspecified atom stereocenters. The van der Waals surface area contributed by atoms with Gasteiger partial charge in [0, 0.05) is 12.2 Å². The van der Waals surface area contributed by atoms with E-state index in [1.165, 1.54) is 11.1 Å². The minimum Gasteiger partial charge on any atom is -0.311 e. The van der Waals surface area contributed by atoms with Gasteiger partial charge in [0.05, 0.1) is 5.41 Å². The summed E-state index contributed by atoms with van der Waals surface area (Å²) in [4.78, 5) is 13.8. The lowest BCUT2D eigenvalue weighted by Gasteiger charge is -2.44. The van der Waals surface area contributed by atoms with E-state index in [-0.39, 0.29) is 11.3 Å². The molecular weight excluding hydrogens is 210 g/mol. The molecule has 0 N–H and O–H groups in total. The van der Waals surface area contributed by atoms with Gasteiger partial charge in [-0.25, -0.2) is 0 Å². The SMILES string of the molecule is C/C=C(\C)c1cccc(N2CC(C)(C)C2=O)c1. The lowest BCUT2D eigenvalue weighted by Crippen LogP contribution is -2.58. The Labute approximate surface area is 103 Å². The molecule has 0 radical (unpaired) electrons. The third-order valence-electron chi connectivity index (χ3n) is 3.42. The van der Waals surface area contributed by atoms with Gasteiger partial charge >= 0.3 is 0 Å². The number of β-lactam (4-membered cyclic amide) rings is 1. The second kappa shape index (κ2) is 4.02. The van der Waals surface area contributed by atoms with E-state index < -0.39 is 0 Å². The minimum absolute atomic E-state index is 0.189. The molecule has 0 bridgehead atoms. The van der Waals surface area contributed by atoms with Gasteiger partial charge in [0.25, 0.3) is 0 Å². The Hall–Kier alpha value is -1.57. The average Bonchev–Trinajstić information content (AvgIpc) is 2.35. The summed E-state index contributed by atoms with van der Waals surface area (Å²) in [6.45, 7) is 8.91. The zero-order valence-electron chi connectivity index (χ0n) is 10.9. The van der Waals surface area contributed by atoms with Crippen molar-refractivity contribution >= 4 is 17.2 Å². The summed E-state index contributed by atoms with van der Waals surface area (Å²) in [6, 6.07) is 8.17. The van der Waals surface area contributed by atoms with Crippen LogP contribution in [0, 0.1) is 5.41 Å². The summed E-state index contributed by atoms with van der Waals surface area (Å²) in [5, 5.41) is 0. The zero-order valence-corrected chi connectivity index (χ0v) is 10.9. The van der Waals surface area contributed by atoms with Crippen molar-refractivity contribution in [2.24, 2.45) is 5.41 Å². The normalized spacial score (nSPS) is 19.2. The van der Waals surface area contributed by atoms with Gasteiger partial charge in [-0.15, -0.1) is 0 Å². The third kappa shape index (κ3) is 1.99. The lowest BCUT2D eigenvalue weighted by atomic mass is 9.82. The Morgan fingerprint density at radius 1 is 1.41 bits per heavy atom. The number of anilines is 1. The van der Waals surface area contributed by atoms with Gasteiger partial charge in [-0.1, -0.05) is 18.2 Å². The maximum Gasteiger partial charge on any atom is 0.234 e. The van der Waals surface area contributed by atoms with Gasteiger partial charge in [-0.2, -0.15) is 0 Å². The lowest BCUT2D eigenvalue weighted by molar-refractivity contribution is -0.132. The van der Waals surface area contributed by atoms with E-state index in [4.69, 9.17) is 0 Å². The molecule has 1 aliphatic heterocycles. The fourth-order valence-electron chi connectivity index (χ4n) is 2.10. The molecule has 1 saturated heterocycles. The first-order valence-corrected chi connectivity index (χ1v) is 6.01. The predicted octanol–water partition coefficient (Wildman–Crippen LogP) is 3.48. The molecule has 1 amide bonds. The van der Waals surface area contributed by atoms with Crippen molar-refractivity contribution in [3.05, 3.63) is 35.9 Å². The van der Waals surface area contributed by atoms with Gasteiger partial charge in [-0.3, -0.25) is 4.79 Å². The van der Waals surface area contributed by atoms with Crippen LogP contribution in [0.2, 0.25) is 0 Å². The molecule has 0 spiro atoms. The van der Waals surface area contributed by atoms with Crippen molar-refractivity contribution in [1.29, 1.82) is 0 Å². The van der Waals surface area contributed by atoms with Crippen LogP contribution in [-0.2, 0) is 4.79 Å². The number of hydrogen-bond donors (Lipinski definition) is 0. The molecule has 1 aliphatic rings. The van der Waals surface area contributed by atoms with Crippen molar-refractivity contribution in [2.75, 3.05) is 11.4 Å². The monoisotopic (exact) mass is 229 g/mol. The molecule has 1 heterocycles. The summed E-state index contributed by atoms with van der Waals surface area (Å²) in [6.07, 6.45) is 2.08. The molecule has 0 saturated carbocycles. The third-order valence-corrected chi connectivity index (χ3v) is 3.42. The summed E-state index contributed by atoms with van der Waals surface area (Å²) in [5.41, 5.74) is 3.24. The summed E-state index contributed by atoms with van der Waals surface area (Å²) < 4.78 is 0. The van der Waals surface area contributed by atoms with E-state index >= 15 is 0 Å². The Kier molecular flexibility index (Phi) is 2.82. The second-order valence-electron chi connectivity index (χ2n) is 5.30. The van der Waals surface area contributed by atoms with Crippen LogP contribution in [-0.4, -0.2) is 12.5 Å². The smallest absolute Gasteiger partial charge is 0.234 e. The van der Waals surface area contributed by atoms with Gasteiger partial charge in [0.1, 0.15) is 0 Å². The first-order valence-electron chi connectivity index (χ1n) is 6.01. The van der Waals surface area contributed by atoms with E-state index in [9.17, 15) is 4.79 Å². The quantitative estimate of drug-likeness (QED) is 0.711. The summed E-state index contributed by atoms with van der Waals surface area (Å²) in [7, 11) is 0. The topological polar surface area (TPSA) is 20.3 Å². The standard InChI is InChI=1S/C15H19NO/c1-5-11(2)12-7-6-8-13(9-12)16-10-15(3,4)14(16)17/h5-9H,10H2,1-4H3/b11-5+. The first kappa shape index (κ1) is 11.9. The highest BCUT2D eigenvalue weighted by Crippen LogP contribution is 2.35. The fraction of sp³-hybridized carbons (Fsp3) is 0.400. The van der Waals surface area contributed by atoms with Crippen molar-refractivity contribution in [1.82, 2.24) is 0 Å². The maximum absolute atomic E-state index is 11.9. The Balaban J connectivity index is 2.27. The molecule has 90 valence electrons. The van der Waals surface area contributed by atoms with Gasteiger partial charge in [-0.05, 0) is 51.0 Å². The number of nitrogens with zero attached hydrogens (tertiary/aromatic N) is 1. The molecule has 17 heavy (non-hydrogen) atoms. The number of carbonyl (C=O) groups is 1. The van der Waals surface area contributed by atoms with Gasteiger partial charge < -0.3 is 4.90 Å². The maximum atomic E-state index is 11.9. The van der Waals surface area contributed by atoms with E-state index in [0.29, 0.717) is 0 Å². The number of hydrogen-bond acceptors (Lipinski definition) is 1. The van der Waals surface area contributed by atoms with Crippen molar-refractivity contribution in [3.63, 3.8) is 0 Å². The van der Waals surface area contributed by atoms with E-state index in [2.05, 4.69) is 25.1 Å². The van der Waals surface area contributed by atoms with E-state index in [1.807, 2.05) is 37.8 Å². The first-order chi connectivity index (χ1) is 7.95. The molecule has 2 heteroatoms. The molecule has 1 fully saturated rings. The average molecular weight is 229 g/mol. The largest absolute Gasteiger partial charge is 0.311 e. The second-order valence-corrected chi connectivity index (χ2v) is 5.30. The van der Waals surface area contributed by atoms with Crippen LogP contribution in [0.1, 0.15) is 33.3 Å². The van der Waals surface area contributed by atoms with Crippen LogP contribution in [0.5, 0.6) is 0 Å². The van der Waals surface area contributed by atoms with Crippen LogP contribution in [0.3, 0.4) is 0 Å². The van der Waals surface area contributed by atoms with Crippen LogP contribution in [0.4, 0.5) is 5.69 Å². The summed E-state index contributed by atoms with van der Waals surface area (Å²) in [5.74, 6) is 0.216. The number of benzene rings is 1. The molecule has 2 nitrogen and oxygen atoms in total. The molecule has 1 aromatic rings. The molecular formula is C15H19NO. The molecule has 0 aliphatic carbocycles. The predicted molar refractivity (Wildman–Crippen MR) is 71.9 cm³/mol. The van der Waals surface area contributed by atoms with Gasteiger partial charge in [0.2, 0.25) is 5.91 Å². The van der Waals surface area contributed by atoms with Crippen molar-refractivity contribution in [2.45, 2.75) is 27.7 Å². The minimum atomic E-state index is -0.189. The number of carbonyl (C=O) groups excluding carboxylic acids is 1.